The smallest absolute Gasteiger partial charge is 0.223 e. The molecule has 1 fully saturated rings. The van der Waals surface area contributed by atoms with Crippen LogP contribution in [0.15, 0.2) is 36.4 Å². The van der Waals surface area contributed by atoms with Crippen molar-refractivity contribution in [3.05, 3.63) is 53.6 Å². The summed E-state index contributed by atoms with van der Waals surface area (Å²) in [6.45, 7) is 3.57. The quantitative estimate of drug-likeness (QED) is 0.736. The predicted octanol–water partition coefficient (Wildman–Crippen LogP) is 2.81. The molecule has 0 aliphatic carbocycles. The van der Waals surface area contributed by atoms with Gasteiger partial charge in [-0.3, -0.25) is 9.89 Å². The second kappa shape index (κ2) is 7.98. The Hall–Kier alpha value is -2.93. The van der Waals surface area contributed by atoms with E-state index in [0.29, 0.717) is 38.4 Å². The van der Waals surface area contributed by atoms with Crippen LogP contribution in [0.3, 0.4) is 0 Å². The van der Waals surface area contributed by atoms with Crippen molar-refractivity contribution in [2.45, 2.75) is 25.9 Å². The fourth-order valence-corrected chi connectivity index (χ4v) is 3.52. The van der Waals surface area contributed by atoms with Crippen LogP contribution in [0.1, 0.15) is 29.7 Å². The molecule has 146 valence electrons. The Morgan fingerprint density at radius 2 is 2.11 bits per heavy atom. The van der Waals surface area contributed by atoms with Crippen LogP contribution in [-0.4, -0.2) is 52.8 Å². The summed E-state index contributed by atoms with van der Waals surface area (Å²) in [5.74, 6) is 2.40. The van der Waals surface area contributed by atoms with E-state index in [-0.39, 0.29) is 12.0 Å². The zero-order chi connectivity index (χ0) is 19.5. The van der Waals surface area contributed by atoms with Crippen molar-refractivity contribution >= 4 is 16.7 Å². The molecular weight excluding hydrogens is 356 g/mol. The molecule has 0 saturated carbocycles. The van der Waals surface area contributed by atoms with Crippen LogP contribution in [0.2, 0.25) is 0 Å². The van der Waals surface area contributed by atoms with Gasteiger partial charge in [0.05, 0.1) is 20.3 Å². The molecule has 1 amide bonds. The molecular formula is C21H24N4O3. The van der Waals surface area contributed by atoms with Crippen molar-refractivity contribution in [1.29, 1.82) is 0 Å². The zero-order valence-corrected chi connectivity index (χ0v) is 16.1. The molecule has 1 aliphatic rings. The van der Waals surface area contributed by atoms with Gasteiger partial charge < -0.3 is 14.4 Å². The molecule has 3 aromatic rings. The Morgan fingerprint density at radius 3 is 2.89 bits per heavy atom. The first kappa shape index (κ1) is 18.4. The standard InChI is InChI=1S/C21H24N4O3/c1-14-22-20(24-23-14)7-8-21(26)25-9-10-28-19(13-25)17-4-3-16-12-18(27-2)6-5-15(16)11-17/h3-6,11-12,19H,7-10,13H2,1-2H3,(H,22,23,24)/t19-/m1/s1. The third-order valence-corrected chi connectivity index (χ3v) is 5.07. The Kier molecular flexibility index (Phi) is 5.25. The lowest BCUT2D eigenvalue weighted by Gasteiger charge is -2.33. The van der Waals surface area contributed by atoms with Crippen molar-refractivity contribution in [3.63, 3.8) is 0 Å². The SMILES string of the molecule is COc1ccc2cc([C@H]3CN(C(=O)CCc4n[nH]c(C)n4)CCO3)ccc2c1. The third-order valence-electron chi connectivity index (χ3n) is 5.07. The predicted molar refractivity (Wildman–Crippen MR) is 105 cm³/mol. The summed E-state index contributed by atoms with van der Waals surface area (Å²) >= 11 is 0. The van der Waals surface area contributed by atoms with Gasteiger partial charge in [-0.05, 0) is 41.5 Å². The van der Waals surface area contributed by atoms with E-state index in [0.717, 1.165) is 27.9 Å². The number of carbonyl (C=O) groups is 1. The number of carbonyl (C=O) groups excluding carboxylic acids is 1. The van der Waals surface area contributed by atoms with Crippen LogP contribution in [0, 0.1) is 6.92 Å². The minimum absolute atomic E-state index is 0.112. The highest BCUT2D eigenvalue weighted by Gasteiger charge is 2.25. The van der Waals surface area contributed by atoms with Crippen LogP contribution in [-0.2, 0) is 16.0 Å². The molecule has 1 atom stereocenters. The molecule has 4 rings (SSSR count). The first-order valence-electron chi connectivity index (χ1n) is 9.47. The summed E-state index contributed by atoms with van der Waals surface area (Å²) in [6.07, 6.45) is 0.833. The molecule has 0 unspecified atom stereocenters. The number of hydrogen-bond donors (Lipinski definition) is 1. The van der Waals surface area contributed by atoms with Crippen molar-refractivity contribution in [2.24, 2.45) is 0 Å². The van der Waals surface area contributed by atoms with E-state index in [1.807, 2.05) is 30.0 Å². The lowest BCUT2D eigenvalue weighted by Crippen LogP contribution is -2.42. The Labute approximate surface area is 163 Å². The highest BCUT2D eigenvalue weighted by molar-refractivity contribution is 5.84. The fourth-order valence-electron chi connectivity index (χ4n) is 3.52. The molecule has 7 heteroatoms. The number of aromatic nitrogens is 3. The monoisotopic (exact) mass is 380 g/mol. The molecule has 0 spiro atoms. The van der Waals surface area contributed by atoms with Crippen LogP contribution in [0.5, 0.6) is 5.75 Å². The van der Waals surface area contributed by atoms with E-state index in [1.54, 1.807) is 7.11 Å². The van der Waals surface area contributed by atoms with Crippen LogP contribution < -0.4 is 4.74 Å². The van der Waals surface area contributed by atoms with E-state index < -0.39 is 0 Å². The average molecular weight is 380 g/mol. The summed E-state index contributed by atoms with van der Waals surface area (Å²) in [5, 5.41) is 9.15. The molecule has 0 bridgehead atoms. The van der Waals surface area contributed by atoms with Crippen molar-refractivity contribution in [2.75, 3.05) is 26.8 Å². The Morgan fingerprint density at radius 1 is 1.29 bits per heavy atom. The molecule has 7 nitrogen and oxygen atoms in total. The number of nitrogens with zero attached hydrogens (tertiary/aromatic N) is 3. The number of rotatable bonds is 5. The van der Waals surface area contributed by atoms with Gasteiger partial charge in [0.25, 0.3) is 0 Å². The third kappa shape index (κ3) is 3.99. The van der Waals surface area contributed by atoms with Crippen LogP contribution in [0.25, 0.3) is 10.8 Å². The topological polar surface area (TPSA) is 80.3 Å². The number of H-pyrrole nitrogens is 1. The maximum Gasteiger partial charge on any atom is 0.223 e. The Balaban J connectivity index is 1.42. The van der Waals surface area contributed by atoms with Gasteiger partial charge in [0.1, 0.15) is 17.7 Å². The minimum Gasteiger partial charge on any atom is -0.497 e. The molecule has 28 heavy (non-hydrogen) atoms. The molecule has 1 aromatic heterocycles. The van der Waals surface area contributed by atoms with E-state index in [9.17, 15) is 4.79 Å². The number of amides is 1. The van der Waals surface area contributed by atoms with Gasteiger partial charge in [-0.2, -0.15) is 5.10 Å². The van der Waals surface area contributed by atoms with Gasteiger partial charge >= 0.3 is 0 Å². The number of ether oxygens (including phenoxy) is 2. The van der Waals surface area contributed by atoms with Crippen LogP contribution >= 0.6 is 0 Å². The van der Waals surface area contributed by atoms with Gasteiger partial charge in [0.2, 0.25) is 5.91 Å². The number of nitrogens with one attached hydrogen (secondary N) is 1. The summed E-state index contributed by atoms with van der Waals surface area (Å²) in [6, 6.07) is 12.3. The van der Waals surface area contributed by atoms with Gasteiger partial charge in [0, 0.05) is 19.4 Å². The number of methoxy groups -OCH3 is 1. The maximum atomic E-state index is 12.6. The number of fused-ring (bicyclic) bond motifs is 1. The van der Waals surface area contributed by atoms with Crippen molar-refractivity contribution < 1.29 is 14.3 Å². The maximum absolute atomic E-state index is 12.6. The minimum atomic E-state index is -0.116. The normalized spacial score (nSPS) is 17.1. The van der Waals surface area contributed by atoms with Gasteiger partial charge in [-0.15, -0.1) is 0 Å². The molecule has 2 aromatic carbocycles. The average Bonchev–Trinajstić information content (AvgIpc) is 3.16. The molecule has 1 saturated heterocycles. The van der Waals surface area contributed by atoms with Crippen molar-refractivity contribution in [1.82, 2.24) is 20.1 Å². The molecule has 2 heterocycles. The summed E-state index contributed by atoms with van der Waals surface area (Å²) < 4.78 is 11.2. The summed E-state index contributed by atoms with van der Waals surface area (Å²) in [5.41, 5.74) is 1.08. The number of morpholine rings is 1. The van der Waals surface area contributed by atoms with E-state index in [1.165, 1.54) is 0 Å². The highest BCUT2D eigenvalue weighted by Crippen LogP contribution is 2.28. The fraction of sp³-hybridized carbons (Fsp3) is 0.381. The number of hydrogen-bond acceptors (Lipinski definition) is 5. The lowest BCUT2D eigenvalue weighted by molar-refractivity contribution is -0.139. The summed E-state index contributed by atoms with van der Waals surface area (Å²) in [7, 11) is 1.67. The largest absolute Gasteiger partial charge is 0.497 e. The first-order valence-corrected chi connectivity index (χ1v) is 9.47. The second-order valence-corrected chi connectivity index (χ2v) is 7.01. The molecule has 1 aliphatic heterocycles. The molecule has 0 radical (unpaired) electrons. The zero-order valence-electron chi connectivity index (χ0n) is 16.1. The van der Waals surface area contributed by atoms with E-state index in [4.69, 9.17) is 9.47 Å². The van der Waals surface area contributed by atoms with E-state index >= 15 is 0 Å². The lowest BCUT2D eigenvalue weighted by atomic mass is 10.0. The van der Waals surface area contributed by atoms with Gasteiger partial charge in [-0.25, -0.2) is 4.98 Å². The molecule has 1 N–H and O–H groups in total. The van der Waals surface area contributed by atoms with Crippen molar-refractivity contribution in [3.8, 4) is 5.75 Å². The highest BCUT2D eigenvalue weighted by atomic mass is 16.5. The van der Waals surface area contributed by atoms with Gasteiger partial charge in [-0.1, -0.05) is 18.2 Å². The second-order valence-electron chi connectivity index (χ2n) is 7.01. The van der Waals surface area contributed by atoms with E-state index in [2.05, 4.69) is 33.4 Å². The number of benzene rings is 2. The summed E-state index contributed by atoms with van der Waals surface area (Å²) in [4.78, 5) is 18.8. The number of aryl methyl sites for hydroxylation is 2. The van der Waals surface area contributed by atoms with Crippen LogP contribution in [0.4, 0.5) is 0 Å². The number of aromatic amines is 1. The first-order chi connectivity index (χ1) is 13.6. The Bertz CT molecular complexity index is 985. The van der Waals surface area contributed by atoms with Gasteiger partial charge in [0.15, 0.2) is 5.82 Å².